The molecule has 0 amide bonds. The van der Waals surface area contributed by atoms with Crippen molar-refractivity contribution >= 4 is 0 Å². The van der Waals surface area contributed by atoms with E-state index in [1.807, 2.05) is 0 Å². The van der Waals surface area contributed by atoms with Crippen LogP contribution in [0, 0.1) is 11.8 Å². The summed E-state index contributed by atoms with van der Waals surface area (Å²) >= 11 is 0. The number of hydrogen-bond donors (Lipinski definition) is 1. The van der Waals surface area contributed by atoms with Crippen molar-refractivity contribution in [3.8, 4) is 0 Å². The van der Waals surface area contributed by atoms with Gasteiger partial charge in [0.2, 0.25) is 5.89 Å². The highest BCUT2D eigenvalue weighted by molar-refractivity contribution is 4.83. The van der Waals surface area contributed by atoms with Gasteiger partial charge in [-0.25, -0.2) is 0 Å². The van der Waals surface area contributed by atoms with Crippen molar-refractivity contribution in [1.82, 2.24) is 10.1 Å². The summed E-state index contributed by atoms with van der Waals surface area (Å²) in [5, 5.41) is 3.79. The molecule has 0 bridgehead atoms. The number of aromatic nitrogens is 2. The lowest BCUT2D eigenvalue weighted by Crippen LogP contribution is -2.18. The minimum Gasteiger partial charge on any atom is -0.373 e. The molecule has 2 rings (SSSR count). The molecule has 1 saturated carbocycles. The fourth-order valence-corrected chi connectivity index (χ4v) is 2.46. The molecule has 1 aromatic heterocycles. The standard InChI is InChI=1S/C12H21N3O2/c1-9-3-2-4-10(5-9)7-16-8-11-14-12(6-13)17-15-11/h9-10H,2-8,13H2,1H3. The number of ether oxygens (including phenoxy) is 1. The third kappa shape index (κ3) is 3.78. The Kier molecular flexibility index (Phi) is 4.50. The Hall–Kier alpha value is -0.940. The van der Waals surface area contributed by atoms with Gasteiger partial charge < -0.3 is 15.0 Å². The summed E-state index contributed by atoms with van der Waals surface area (Å²) in [7, 11) is 0. The molecule has 1 heterocycles. The summed E-state index contributed by atoms with van der Waals surface area (Å²) in [6.45, 7) is 3.83. The third-order valence-corrected chi connectivity index (χ3v) is 3.31. The van der Waals surface area contributed by atoms with E-state index < -0.39 is 0 Å². The van der Waals surface area contributed by atoms with E-state index >= 15 is 0 Å². The maximum atomic E-state index is 5.64. The fourth-order valence-electron chi connectivity index (χ4n) is 2.46. The van der Waals surface area contributed by atoms with Crippen molar-refractivity contribution in [2.75, 3.05) is 6.61 Å². The molecule has 5 nitrogen and oxygen atoms in total. The van der Waals surface area contributed by atoms with Crippen LogP contribution in [-0.2, 0) is 17.9 Å². The lowest BCUT2D eigenvalue weighted by atomic mass is 9.83. The Labute approximate surface area is 102 Å². The monoisotopic (exact) mass is 239 g/mol. The smallest absolute Gasteiger partial charge is 0.240 e. The van der Waals surface area contributed by atoms with E-state index in [0.29, 0.717) is 24.2 Å². The molecule has 1 aliphatic carbocycles. The lowest BCUT2D eigenvalue weighted by Gasteiger charge is -2.26. The average Bonchev–Trinajstić information content (AvgIpc) is 2.77. The van der Waals surface area contributed by atoms with E-state index in [4.69, 9.17) is 15.0 Å². The van der Waals surface area contributed by atoms with Crippen LogP contribution in [-0.4, -0.2) is 16.7 Å². The molecule has 0 aromatic carbocycles. The average molecular weight is 239 g/mol. The molecule has 0 aliphatic heterocycles. The molecule has 1 aromatic rings. The second-order valence-electron chi connectivity index (χ2n) is 4.96. The quantitative estimate of drug-likeness (QED) is 0.849. The van der Waals surface area contributed by atoms with Crippen molar-refractivity contribution in [3.63, 3.8) is 0 Å². The summed E-state index contributed by atoms with van der Waals surface area (Å²) in [6, 6.07) is 0. The first-order valence-corrected chi connectivity index (χ1v) is 6.37. The molecular formula is C12H21N3O2. The van der Waals surface area contributed by atoms with Gasteiger partial charge in [-0.15, -0.1) is 0 Å². The van der Waals surface area contributed by atoms with Gasteiger partial charge in [0.25, 0.3) is 0 Å². The van der Waals surface area contributed by atoms with Gasteiger partial charge in [-0.2, -0.15) is 4.98 Å². The zero-order valence-electron chi connectivity index (χ0n) is 10.4. The van der Waals surface area contributed by atoms with Gasteiger partial charge in [0, 0.05) is 0 Å². The van der Waals surface area contributed by atoms with E-state index in [1.165, 1.54) is 25.7 Å². The number of nitrogens with zero attached hydrogens (tertiary/aromatic N) is 2. The molecule has 1 aliphatic rings. The number of rotatable bonds is 5. The zero-order chi connectivity index (χ0) is 12.1. The molecule has 96 valence electrons. The topological polar surface area (TPSA) is 74.2 Å². The van der Waals surface area contributed by atoms with E-state index in [9.17, 15) is 0 Å². The first-order chi connectivity index (χ1) is 8.28. The highest BCUT2D eigenvalue weighted by atomic mass is 16.5. The maximum Gasteiger partial charge on any atom is 0.240 e. The van der Waals surface area contributed by atoms with Gasteiger partial charge >= 0.3 is 0 Å². The van der Waals surface area contributed by atoms with Gasteiger partial charge in [0.05, 0.1) is 13.2 Å². The Morgan fingerprint density at radius 2 is 2.35 bits per heavy atom. The SMILES string of the molecule is CC1CCCC(COCc2noc(CN)n2)C1. The highest BCUT2D eigenvalue weighted by Gasteiger charge is 2.19. The van der Waals surface area contributed by atoms with Crippen LogP contribution in [0.1, 0.15) is 44.3 Å². The van der Waals surface area contributed by atoms with Crippen molar-refractivity contribution in [3.05, 3.63) is 11.7 Å². The molecule has 2 N–H and O–H groups in total. The molecule has 5 heteroatoms. The Morgan fingerprint density at radius 3 is 3.06 bits per heavy atom. The molecule has 1 fully saturated rings. The maximum absolute atomic E-state index is 5.64. The van der Waals surface area contributed by atoms with Gasteiger partial charge in [-0.05, 0) is 24.7 Å². The van der Waals surface area contributed by atoms with Crippen LogP contribution in [0.3, 0.4) is 0 Å². The van der Waals surface area contributed by atoms with E-state index in [0.717, 1.165) is 12.5 Å². The van der Waals surface area contributed by atoms with Crippen LogP contribution >= 0.6 is 0 Å². The first-order valence-electron chi connectivity index (χ1n) is 6.37. The predicted molar refractivity (Wildman–Crippen MR) is 63.0 cm³/mol. The largest absolute Gasteiger partial charge is 0.373 e. The van der Waals surface area contributed by atoms with Gasteiger partial charge in [-0.1, -0.05) is 24.9 Å². The second-order valence-corrected chi connectivity index (χ2v) is 4.96. The first kappa shape index (κ1) is 12.5. The number of hydrogen-bond acceptors (Lipinski definition) is 5. The van der Waals surface area contributed by atoms with E-state index in [1.54, 1.807) is 0 Å². The minimum absolute atomic E-state index is 0.285. The van der Waals surface area contributed by atoms with Crippen LogP contribution in [0.15, 0.2) is 4.52 Å². The minimum atomic E-state index is 0.285. The number of nitrogens with two attached hydrogens (primary N) is 1. The second kappa shape index (κ2) is 6.12. The summed E-state index contributed by atoms with van der Waals surface area (Å²) in [4.78, 5) is 4.10. The summed E-state index contributed by atoms with van der Waals surface area (Å²) in [5.41, 5.74) is 5.39. The summed E-state index contributed by atoms with van der Waals surface area (Å²) < 4.78 is 10.5. The molecule has 2 atom stereocenters. The molecule has 0 radical (unpaired) electrons. The van der Waals surface area contributed by atoms with E-state index in [2.05, 4.69) is 17.1 Å². The van der Waals surface area contributed by atoms with Crippen molar-refractivity contribution in [2.45, 2.75) is 45.8 Å². The lowest BCUT2D eigenvalue weighted by molar-refractivity contribution is 0.0611. The van der Waals surface area contributed by atoms with Crippen LogP contribution < -0.4 is 5.73 Å². The normalized spacial score (nSPS) is 25.1. The van der Waals surface area contributed by atoms with Gasteiger partial charge in [-0.3, -0.25) is 0 Å². The van der Waals surface area contributed by atoms with Crippen LogP contribution in [0.5, 0.6) is 0 Å². The zero-order valence-corrected chi connectivity index (χ0v) is 10.4. The predicted octanol–water partition coefficient (Wildman–Crippen LogP) is 1.87. The Balaban J connectivity index is 1.68. The van der Waals surface area contributed by atoms with Crippen molar-refractivity contribution in [2.24, 2.45) is 17.6 Å². The summed E-state index contributed by atoms with van der Waals surface area (Å²) in [5.74, 6) is 2.59. The van der Waals surface area contributed by atoms with Gasteiger partial charge in [0.1, 0.15) is 6.61 Å². The summed E-state index contributed by atoms with van der Waals surface area (Å²) in [6.07, 6.45) is 5.25. The molecule has 0 saturated heterocycles. The molecular weight excluding hydrogens is 218 g/mol. The third-order valence-electron chi connectivity index (χ3n) is 3.31. The molecule has 0 spiro atoms. The molecule has 2 unspecified atom stereocenters. The van der Waals surface area contributed by atoms with Crippen molar-refractivity contribution in [1.29, 1.82) is 0 Å². The van der Waals surface area contributed by atoms with Crippen LogP contribution in [0.2, 0.25) is 0 Å². The Morgan fingerprint density at radius 1 is 1.47 bits per heavy atom. The van der Waals surface area contributed by atoms with E-state index in [-0.39, 0.29) is 6.54 Å². The molecule has 17 heavy (non-hydrogen) atoms. The Bertz CT molecular complexity index is 340. The van der Waals surface area contributed by atoms with Gasteiger partial charge in [0.15, 0.2) is 5.82 Å². The van der Waals surface area contributed by atoms with Crippen LogP contribution in [0.4, 0.5) is 0 Å². The van der Waals surface area contributed by atoms with Crippen LogP contribution in [0.25, 0.3) is 0 Å². The van der Waals surface area contributed by atoms with Crippen molar-refractivity contribution < 1.29 is 9.26 Å². The fraction of sp³-hybridized carbons (Fsp3) is 0.833. The highest BCUT2D eigenvalue weighted by Crippen LogP contribution is 2.28.